The van der Waals surface area contributed by atoms with Gasteiger partial charge in [0.2, 0.25) is 23.6 Å². The van der Waals surface area contributed by atoms with E-state index in [0.717, 1.165) is 43.2 Å². The highest BCUT2D eigenvalue weighted by Gasteiger charge is 2.36. The van der Waals surface area contributed by atoms with Crippen LogP contribution in [0, 0.1) is 18.3 Å². The molecule has 4 aromatic rings. The Balaban J connectivity index is 1.61. The quantitative estimate of drug-likeness (QED) is 0.0587. The van der Waals surface area contributed by atoms with Crippen molar-refractivity contribution in [3.8, 4) is 28.7 Å². The monoisotopic (exact) mass is 887 g/mol. The number of pyridine rings is 1. The van der Waals surface area contributed by atoms with Gasteiger partial charge in [0.15, 0.2) is 0 Å². The molecule has 4 atom stereocenters. The average Bonchev–Trinajstić information content (AvgIpc) is 3.30. The molecule has 0 saturated heterocycles. The third-order valence-corrected chi connectivity index (χ3v) is 11.2. The van der Waals surface area contributed by atoms with Crippen molar-refractivity contribution in [2.24, 2.45) is 11.5 Å². The van der Waals surface area contributed by atoms with Gasteiger partial charge < -0.3 is 47.1 Å². The maximum absolute atomic E-state index is 15.0. The van der Waals surface area contributed by atoms with Gasteiger partial charge in [-0.2, -0.15) is 5.26 Å². The lowest BCUT2D eigenvalue weighted by atomic mass is 9.93. The van der Waals surface area contributed by atoms with Gasteiger partial charge >= 0.3 is 0 Å². The summed E-state index contributed by atoms with van der Waals surface area (Å²) in [6, 6.07) is 16.5. The SMILES string of the molecule is CCCCCCc1ccc(C(=O)N[C@@H](Cc2cccnc2)C(=O)N(C)[C@@H]2C(=O)N[C@@H](C)C(=O)N[C@H](C(=O)NCC#N)Cc3ccc(OCCN)c(c3)-c3cc2ccc3OCCN)c(C)c1. The Morgan fingerprint density at radius 2 is 1.65 bits per heavy atom. The fourth-order valence-corrected chi connectivity index (χ4v) is 7.79. The molecule has 0 saturated carbocycles. The van der Waals surface area contributed by atoms with E-state index >= 15 is 4.79 Å². The van der Waals surface area contributed by atoms with Crippen LogP contribution in [0.15, 0.2) is 79.1 Å². The second-order valence-corrected chi connectivity index (χ2v) is 16.1. The molecule has 5 rings (SSSR count). The highest BCUT2D eigenvalue weighted by Crippen LogP contribution is 2.40. The van der Waals surface area contributed by atoms with Crippen molar-refractivity contribution < 1.29 is 33.4 Å². The number of benzene rings is 3. The molecule has 16 heteroatoms. The molecule has 2 heterocycles. The Labute approximate surface area is 380 Å². The number of rotatable bonds is 19. The predicted molar refractivity (Wildman–Crippen MR) is 247 cm³/mol. The molecule has 0 radical (unpaired) electrons. The number of unbranched alkanes of at least 4 members (excludes halogenated alkanes) is 3. The largest absolute Gasteiger partial charge is 0.492 e. The van der Waals surface area contributed by atoms with Gasteiger partial charge in [-0.3, -0.25) is 29.0 Å². The third-order valence-electron chi connectivity index (χ3n) is 11.2. The number of nitrogens with two attached hydrogens (primary N) is 2. The maximum Gasteiger partial charge on any atom is 0.252 e. The lowest BCUT2D eigenvalue weighted by Gasteiger charge is -2.33. The summed E-state index contributed by atoms with van der Waals surface area (Å²) in [6.07, 6.45) is 8.65. The second kappa shape index (κ2) is 24.3. The Morgan fingerprint density at radius 1 is 0.923 bits per heavy atom. The molecule has 16 nitrogen and oxygen atoms in total. The van der Waals surface area contributed by atoms with Gasteiger partial charge in [-0.05, 0) is 90.9 Å². The van der Waals surface area contributed by atoms with Crippen LogP contribution in [0.5, 0.6) is 11.5 Å². The molecular formula is C49H61N9O7. The van der Waals surface area contributed by atoms with Crippen LogP contribution >= 0.6 is 0 Å². The van der Waals surface area contributed by atoms with Crippen LogP contribution in [0.1, 0.15) is 83.7 Å². The Bertz CT molecular complexity index is 2330. The van der Waals surface area contributed by atoms with Crippen molar-refractivity contribution in [1.82, 2.24) is 31.2 Å². The molecule has 8 N–H and O–H groups in total. The van der Waals surface area contributed by atoms with E-state index in [1.165, 1.54) is 18.9 Å². The normalized spacial score (nSPS) is 16.4. The molecule has 1 aromatic heterocycles. The molecule has 5 amide bonds. The van der Waals surface area contributed by atoms with Crippen molar-refractivity contribution in [3.63, 3.8) is 0 Å². The Hall–Kier alpha value is -6.83. The number of aromatic nitrogens is 1. The van der Waals surface area contributed by atoms with Gasteiger partial charge in [-0.15, -0.1) is 0 Å². The molecular weight excluding hydrogens is 827 g/mol. The van der Waals surface area contributed by atoms with Crippen LogP contribution in [0.25, 0.3) is 11.1 Å². The zero-order valence-electron chi connectivity index (χ0n) is 37.7. The number of likely N-dealkylation sites (N-methyl/N-ethyl adjacent to an activating group) is 1. The summed E-state index contributed by atoms with van der Waals surface area (Å²) in [5.74, 6) is -2.27. The van der Waals surface area contributed by atoms with Crippen LogP contribution in [0.2, 0.25) is 0 Å². The minimum absolute atomic E-state index is 0.0130. The molecule has 0 unspecified atom stereocenters. The number of carbonyl (C=O) groups is 5. The first-order chi connectivity index (χ1) is 31.4. The fourth-order valence-electron chi connectivity index (χ4n) is 7.79. The molecule has 0 spiro atoms. The lowest BCUT2D eigenvalue weighted by Crippen LogP contribution is -2.56. The highest BCUT2D eigenvalue weighted by molar-refractivity contribution is 6.00. The first-order valence-corrected chi connectivity index (χ1v) is 22.1. The number of hydrogen-bond donors (Lipinski definition) is 6. The standard InChI is InChI=1S/C49H61N9O7/c1-5-6-7-8-10-33-12-15-37(31(2)25-33)46(60)57-41(28-35-11-9-21-53-30-35)49(63)58(4)44-36-14-17-43(65-24-20-52)39(29-36)38-26-34(13-16-42(38)64-23-19-51)27-40(47(61)54-22-18-50)56-45(59)32(3)55-48(44)62/h9,11-17,21,25-26,29-30,32,40-41,44H,5-8,10,19-20,22-24,27-28,51-52H2,1-4H3,(H,54,61)(H,55,62)(H,56,59)(H,57,60)/t32-,40-,41-,44-/m0/s1. The van der Waals surface area contributed by atoms with E-state index in [1.807, 2.05) is 25.1 Å². The van der Waals surface area contributed by atoms with Crippen molar-refractivity contribution in [2.75, 3.05) is 39.9 Å². The summed E-state index contributed by atoms with van der Waals surface area (Å²) in [5.41, 5.74) is 16.6. The first-order valence-electron chi connectivity index (χ1n) is 22.1. The van der Waals surface area contributed by atoms with Gasteiger partial charge in [-0.25, -0.2) is 0 Å². The number of hydrogen-bond acceptors (Lipinski definition) is 11. The van der Waals surface area contributed by atoms with Crippen LogP contribution in [0.3, 0.4) is 0 Å². The summed E-state index contributed by atoms with van der Waals surface area (Å²) < 4.78 is 12.2. The number of fused-ring (bicyclic) bond motifs is 5. The third kappa shape index (κ3) is 13.3. The molecule has 4 bridgehead atoms. The average molecular weight is 888 g/mol. The maximum atomic E-state index is 15.0. The lowest BCUT2D eigenvalue weighted by molar-refractivity contribution is -0.141. The van der Waals surface area contributed by atoms with E-state index in [2.05, 4.69) is 33.2 Å². The molecule has 1 aliphatic heterocycles. The first kappa shape index (κ1) is 49.2. The van der Waals surface area contributed by atoms with Gasteiger partial charge in [-0.1, -0.05) is 56.5 Å². The van der Waals surface area contributed by atoms with Gasteiger partial charge in [0, 0.05) is 62.1 Å². The van der Waals surface area contributed by atoms with Crippen molar-refractivity contribution >= 4 is 29.5 Å². The van der Waals surface area contributed by atoms with Crippen LogP contribution < -0.4 is 42.2 Å². The molecule has 1 aliphatic rings. The van der Waals surface area contributed by atoms with E-state index < -0.39 is 53.7 Å². The minimum atomic E-state index is -1.38. The summed E-state index contributed by atoms with van der Waals surface area (Å²) in [6.45, 7) is 5.92. The topological polar surface area (TPSA) is 244 Å². The molecule has 3 aromatic carbocycles. The zero-order chi connectivity index (χ0) is 46.9. The Kier molecular flexibility index (Phi) is 18.4. The number of nitrogens with zero attached hydrogens (tertiary/aromatic N) is 3. The summed E-state index contributed by atoms with van der Waals surface area (Å²) >= 11 is 0. The van der Waals surface area contributed by atoms with Gasteiger partial charge in [0.1, 0.15) is 55.4 Å². The number of carbonyl (C=O) groups excluding carboxylic acids is 5. The van der Waals surface area contributed by atoms with E-state index in [9.17, 15) is 24.4 Å². The number of amides is 5. The summed E-state index contributed by atoms with van der Waals surface area (Å²) in [7, 11) is 1.46. The molecule has 344 valence electrons. The minimum Gasteiger partial charge on any atom is -0.492 e. The number of aryl methyl sites for hydroxylation is 2. The fraction of sp³-hybridized carbons (Fsp3) is 0.408. The number of nitriles is 1. The van der Waals surface area contributed by atoms with Crippen molar-refractivity contribution in [3.05, 3.63) is 113 Å². The highest BCUT2D eigenvalue weighted by atomic mass is 16.5. The van der Waals surface area contributed by atoms with Gasteiger partial charge in [0.05, 0.1) is 6.07 Å². The summed E-state index contributed by atoms with van der Waals surface area (Å²) in [4.78, 5) is 76.5. The number of ether oxygens (including phenoxy) is 2. The van der Waals surface area contributed by atoms with E-state index in [1.54, 1.807) is 67.0 Å². The van der Waals surface area contributed by atoms with Crippen LogP contribution in [-0.4, -0.2) is 97.4 Å². The summed E-state index contributed by atoms with van der Waals surface area (Å²) in [5, 5.41) is 20.2. The number of nitrogens with one attached hydrogen (secondary N) is 4. The van der Waals surface area contributed by atoms with Crippen LogP contribution in [0.4, 0.5) is 0 Å². The molecule has 0 aliphatic carbocycles. The van der Waals surface area contributed by atoms with E-state index in [4.69, 9.17) is 20.9 Å². The van der Waals surface area contributed by atoms with Crippen molar-refractivity contribution in [2.45, 2.75) is 89.9 Å². The van der Waals surface area contributed by atoms with Gasteiger partial charge in [0.25, 0.3) is 5.91 Å². The smallest absolute Gasteiger partial charge is 0.252 e. The van der Waals surface area contributed by atoms with Crippen molar-refractivity contribution in [1.29, 1.82) is 5.26 Å². The molecule has 0 fully saturated rings. The van der Waals surface area contributed by atoms with Crippen LogP contribution in [-0.2, 0) is 38.4 Å². The van der Waals surface area contributed by atoms with E-state index in [0.29, 0.717) is 44.9 Å². The zero-order valence-corrected chi connectivity index (χ0v) is 37.7. The Morgan fingerprint density at radius 3 is 2.31 bits per heavy atom. The molecule has 65 heavy (non-hydrogen) atoms. The second-order valence-electron chi connectivity index (χ2n) is 16.1. The van der Waals surface area contributed by atoms with E-state index in [-0.39, 0.29) is 45.7 Å². The predicted octanol–water partition coefficient (Wildman–Crippen LogP) is 3.58.